The molecule has 0 saturated carbocycles. The molecule has 23 heavy (non-hydrogen) atoms. The van der Waals surface area contributed by atoms with Crippen LogP contribution in [0.25, 0.3) is 0 Å². The number of carboxylic acid groups (broad SMARTS) is 1. The summed E-state index contributed by atoms with van der Waals surface area (Å²) < 4.78 is 0. The highest BCUT2D eigenvalue weighted by Crippen LogP contribution is 2.29. The molecule has 1 aromatic rings. The van der Waals surface area contributed by atoms with E-state index in [4.69, 9.17) is 0 Å². The lowest BCUT2D eigenvalue weighted by Gasteiger charge is -2.31. The van der Waals surface area contributed by atoms with Gasteiger partial charge in [0.05, 0.1) is 0 Å². The van der Waals surface area contributed by atoms with E-state index in [0.717, 1.165) is 0 Å². The minimum Gasteiger partial charge on any atom is -0.480 e. The van der Waals surface area contributed by atoms with Crippen molar-refractivity contribution in [2.24, 2.45) is 0 Å². The van der Waals surface area contributed by atoms with Gasteiger partial charge in [0, 0.05) is 25.1 Å². The standard InChI is InChI=1S/C17H22N2O4/c1-17(16(22)23)10-6-12-19(17)14(20)9-5-11-18-15(21)13-7-3-2-4-8-13/h2-4,7-8H,5-6,9-12H2,1H3,(H,18,21)(H,22,23). The molecule has 1 saturated heterocycles. The first-order valence-corrected chi connectivity index (χ1v) is 7.82. The van der Waals surface area contributed by atoms with E-state index >= 15 is 0 Å². The van der Waals surface area contributed by atoms with Crippen LogP contribution in [0.2, 0.25) is 0 Å². The highest BCUT2D eigenvalue weighted by molar-refractivity contribution is 5.94. The number of nitrogens with one attached hydrogen (secondary N) is 1. The molecule has 1 aliphatic heterocycles. The summed E-state index contributed by atoms with van der Waals surface area (Å²) in [6.07, 6.45) is 1.92. The average Bonchev–Trinajstić information content (AvgIpc) is 2.95. The van der Waals surface area contributed by atoms with E-state index in [-0.39, 0.29) is 18.2 Å². The zero-order valence-electron chi connectivity index (χ0n) is 13.2. The lowest BCUT2D eigenvalue weighted by Crippen LogP contribution is -2.50. The topological polar surface area (TPSA) is 86.7 Å². The third kappa shape index (κ3) is 3.88. The molecule has 0 spiro atoms. The lowest BCUT2D eigenvalue weighted by atomic mass is 9.99. The van der Waals surface area contributed by atoms with Crippen LogP contribution in [-0.4, -0.2) is 46.4 Å². The number of hydrogen-bond acceptors (Lipinski definition) is 3. The van der Waals surface area contributed by atoms with Crippen LogP contribution in [0.5, 0.6) is 0 Å². The molecule has 1 aromatic carbocycles. The maximum atomic E-state index is 12.2. The van der Waals surface area contributed by atoms with Gasteiger partial charge in [-0.2, -0.15) is 0 Å². The Balaban J connectivity index is 1.77. The van der Waals surface area contributed by atoms with Crippen LogP contribution in [0, 0.1) is 0 Å². The summed E-state index contributed by atoms with van der Waals surface area (Å²) in [4.78, 5) is 36.9. The van der Waals surface area contributed by atoms with Crippen LogP contribution in [0.3, 0.4) is 0 Å². The monoisotopic (exact) mass is 318 g/mol. The third-order valence-corrected chi connectivity index (χ3v) is 4.29. The van der Waals surface area contributed by atoms with E-state index in [9.17, 15) is 19.5 Å². The lowest BCUT2D eigenvalue weighted by molar-refractivity contribution is -0.155. The molecular formula is C17H22N2O4. The van der Waals surface area contributed by atoms with Crippen molar-refractivity contribution in [2.45, 2.75) is 38.1 Å². The molecule has 2 rings (SSSR count). The zero-order valence-corrected chi connectivity index (χ0v) is 13.2. The van der Waals surface area contributed by atoms with Crippen LogP contribution in [0.1, 0.15) is 43.0 Å². The van der Waals surface area contributed by atoms with Gasteiger partial charge in [-0.05, 0) is 38.3 Å². The number of benzene rings is 1. The fourth-order valence-electron chi connectivity index (χ4n) is 2.85. The number of carboxylic acids is 1. The number of amides is 2. The number of likely N-dealkylation sites (tertiary alicyclic amines) is 1. The SMILES string of the molecule is CC1(C(=O)O)CCCN1C(=O)CCCNC(=O)c1ccccc1. The highest BCUT2D eigenvalue weighted by Gasteiger charge is 2.45. The van der Waals surface area contributed by atoms with Crippen molar-refractivity contribution in [1.82, 2.24) is 10.2 Å². The van der Waals surface area contributed by atoms with Gasteiger partial charge in [0.2, 0.25) is 5.91 Å². The van der Waals surface area contributed by atoms with Crippen molar-refractivity contribution in [1.29, 1.82) is 0 Å². The van der Waals surface area contributed by atoms with E-state index in [1.807, 2.05) is 6.07 Å². The summed E-state index contributed by atoms with van der Waals surface area (Å²) in [6, 6.07) is 8.87. The molecule has 1 aliphatic rings. The van der Waals surface area contributed by atoms with E-state index in [0.29, 0.717) is 37.9 Å². The van der Waals surface area contributed by atoms with Crippen molar-refractivity contribution in [3.8, 4) is 0 Å². The first-order valence-electron chi connectivity index (χ1n) is 7.82. The highest BCUT2D eigenvalue weighted by atomic mass is 16.4. The summed E-state index contributed by atoms with van der Waals surface area (Å²) >= 11 is 0. The number of carbonyl (C=O) groups is 3. The van der Waals surface area contributed by atoms with Gasteiger partial charge in [0.25, 0.3) is 5.91 Å². The Kier molecular flexibility index (Phi) is 5.36. The molecule has 6 heteroatoms. The van der Waals surface area contributed by atoms with Crippen LogP contribution < -0.4 is 5.32 Å². The van der Waals surface area contributed by atoms with Crippen molar-refractivity contribution in [3.05, 3.63) is 35.9 Å². The molecule has 0 aromatic heterocycles. The van der Waals surface area contributed by atoms with Crippen molar-refractivity contribution in [2.75, 3.05) is 13.1 Å². The summed E-state index contributed by atoms with van der Waals surface area (Å²) in [5.41, 5.74) is -0.512. The smallest absolute Gasteiger partial charge is 0.329 e. The maximum Gasteiger partial charge on any atom is 0.329 e. The molecule has 2 amide bonds. The van der Waals surface area contributed by atoms with Gasteiger partial charge >= 0.3 is 5.97 Å². The number of carbonyl (C=O) groups excluding carboxylic acids is 2. The molecule has 124 valence electrons. The van der Waals surface area contributed by atoms with Crippen molar-refractivity contribution < 1.29 is 19.5 Å². The van der Waals surface area contributed by atoms with Crippen LogP contribution >= 0.6 is 0 Å². The Labute approximate surface area is 135 Å². The van der Waals surface area contributed by atoms with Crippen LogP contribution in [0.4, 0.5) is 0 Å². The average molecular weight is 318 g/mol. The van der Waals surface area contributed by atoms with Gasteiger partial charge in [-0.3, -0.25) is 9.59 Å². The van der Waals surface area contributed by atoms with Gasteiger partial charge in [-0.25, -0.2) is 4.79 Å². The number of nitrogens with zero attached hydrogens (tertiary/aromatic N) is 1. The van der Waals surface area contributed by atoms with Gasteiger partial charge < -0.3 is 15.3 Å². The molecular weight excluding hydrogens is 296 g/mol. The summed E-state index contributed by atoms with van der Waals surface area (Å²) in [7, 11) is 0. The zero-order chi connectivity index (χ0) is 16.9. The molecule has 2 N–H and O–H groups in total. The largest absolute Gasteiger partial charge is 0.480 e. The molecule has 1 atom stereocenters. The van der Waals surface area contributed by atoms with E-state index in [1.54, 1.807) is 31.2 Å². The summed E-state index contributed by atoms with van der Waals surface area (Å²) in [5, 5.41) is 12.1. The molecule has 0 bridgehead atoms. The van der Waals surface area contributed by atoms with Gasteiger partial charge in [0.1, 0.15) is 5.54 Å². The van der Waals surface area contributed by atoms with Crippen molar-refractivity contribution >= 4 is 17.8 Å². The van der Waals surface area contributed by atoms with Gasteiger partial charge in [0.15, 0.2) is 0 Å². The molecule has 6 nitrogen and oxygen atoms in total. The Hall–Kier alpha value is -2.37. The minimum absolute atomic E-state index is 0.165. The first-order chi connectivity index (χ1) is 10.9. The van der Waals surface area contributed by atoms with Crippen LogP contribution in [0.15, 0.2) is 30.3 Å². The minimum atomic E-state index is -1.09. The molecule has 1 unspecified atom stereocenters. The Bertz CT molecular complexity index is 588. The predicted octanol–water partition coefficient (Wildman–Crippen LogP) is 1.66. The normalized spacial score (nSPS) is 20.3. The third-order valence-electron chi connectivity index (χ3n) is 4.29. The maximum absolute atomic E-state index is 12.2. The number of hydrogen-bond donors (Lipinski definition) is 2. The Morgan fingerprint density at radius 3 is 2.61 bits per heavy atom. The first kappa shape index (κ1) is 17.0. The van der Waals surface area contributed by atoms with Crippen molar-refractivity contribution in [3.63, 3.8) is 0 Å². The van der Waals surface area contributed by atoms with Crippen LogP contribution in [-0.2, 0) is 9.59 Å². The second kappa shape index (κ2) is 7.26. The molecule has 0 radical (unpaired) electrons. The van der Waals surface area contributed by atoms with E-state index in [1.165, 1.54) is 4.90 Å². The molecule has 0 aliphatic carbocycles. The van der Waals surface area contributed by atoms with E-state index in [2.05, 4.69) is 5.32 Å². The molecule has 1 fully saturated rings. The predicted molar refractivity (Wildman–Crippen MR) is 85.0 cm³/mol. The Morgan fingerprint density at radius 1 is 1.26 bits per heavy atom. The summed E-state index contributed by atoms with van der Waals surface area (Å²) in [5.74, 6) is -1.29. The number of aliphatic carboxylic acids is 1. The second-order valence-corrected chi connectivity index (χ2v) is 5.95. The quantitative estimate of drug-likeness (QED) is 0.781. The molecule has 1 heterocycles. The Morgan fingerprint density at radius 2 is 1.96 bits per heavy atom. The summed E-state index contributed by atoms with van der Waals surface area (Å²) in [6.45, 7) is 2.46. The van der Waals surface area contributed by atoms with E-state index < -0.39 is 11.5 Å². The fourth-order valence-corrected chi connectivity index (χ4v) is 2.85. The second-order valence-electron chi connectivity index (χ2n) is 5.95. The van der Waals surface area contributed by atoms with Gasteiger partial charge in [-0.15, -0.1) is 0 Å². The van der Waals surface area contributed by atoms with Gasteiger partial charge in [-0.1, -0.05) is 18.2 Å². The number of rotatable bonds is 6. The fraction of sp³-hybridized carbons (Fsp3) is 0.471.